The molecule has 0 saturated carbocycles. The average Bonchev–Trinajstić information content (AvgIpc) is 2.43. The Hall–Kier alpha value is -1.20. The third-order valence-corrected chi connectivity index (χ3v) is 3.76. The monoisotopic (exact) mass is 279 g/mol. The van der Waals surface area contributed by atoms with E-state index in [1.165, 1.54) is 24.1 Å². The van der Waals surface area contributed by atoms with Crippen LogP contribution in [0.2, 0.25) is 0 Å². The maximum absolute atomic E-state index is 5.85. The summed E-state index contributed by atoms with van der Waals surface area (Å²) in [5.74, 6) is 0.880. The number of hydrogen-bond donors (Lipinski definition) is 1. The first-order chi connectivity index (χ1) is 9.13. The van der Waals surface area contributed by atoms with Crippen molar-refractivity contribution in [1.29, 1.82) is 0 Å². The Morgan fingerprint density at radius 3 is 2.89 bits per heavy atom. The van der Waals surface area contributed by atoms with Crippen LogP contribution in [0.15, 0.2) is 6.07 Å². The summed E-state index contributed by atoms with van der Waals surface area (Å²) < 4.78 is 5.11. The van der Waals surface area contributed by atoms with E-state index in [1.54, 1.807) is 7.11 Å². The topological polar surface area (TPSA) is 51.4 Å². The lowest BCUT2D eigenvalue weighted by molar-refractivity contribution is 0.206. The molecule has 1 aromatic heterocycles. The van der Waals surface area contributed by atoms with Crippen LogP contribution in [0.25, 0.3) is 0 Å². The molecule has 19 heavy (non-hydrogen) atoms. The number of likely N-dealkylation sites (N-methyl/N-ethyl adjacent to an activating group) is 1. The first-order valence-electron chi connectivity index (χ1n) is 6.66. The smallest absolute Gasteiger partial charge is 0.138 e. The summed E-state index contributed by atoms with van der Waals surface area (Å²) in [5, 5.41) is 0. The van der Waals surface area contributed by atoms with Crippen molar-refractivity contribution in [2.45, 2.75) is 25.7 Å². The zero-order valence-corrected chi connectivity index (χ0v) is 12.4. The van der Waals surface area contributed by atoms with E-state index in [0.29, 0.717) is 11.6 Å². The van der Waals surface area contributed by atoms with E-state index in [2.05, 4.69) is 11.0 Å². The van der Waals surface area contributed by atoms with Crippen LogP contribution >= 0.6 is 12.2 Å². The van der Waals surface area contributed by atoms with E-state index < -0.39 is 0 Å². The predicted octanol–water partition coefficient (Wildman–Crippen LogP) is 1.68. The zero-order chi connectivity index (χ0) is 13.8. The van der Waals surface area contributed by atoms with Gasteiger partial charge in [-0.05, 0) is 37.3 Å². The van der Waals surface area contributed by atoms with Crippen LogP contribution < -0.4 is 10.6 Å². The van der Waals surface area contributed by atoms with Crippen LogP contribution in [0.4, 0.5) is 5.82 Å². The Balaban J connectivity index is 2.36. The summed E-state index contributed by atoms with van der Waals surface area (Å²) in [7, 11) is 3.70. The van der Waals surface area contributed by atoms with Crippen molar-refractivity contribution in [3.05, 3.63) is 22.9 Å². The van der Waals surface area contributed by atoms with Gasteiger partial charge in [-0.15, -0.1) is 0 Å². The molecule has 1 heterocycles. The summed E-state index contributed by atoms with van der Waals surface area (Å²) in [4.78, 5) is 7.27. The maximum atomic E-state index is 5.85. The molecule has 1 aliphatic rings. The molecule has 0 atom stereocenters. The molecule has 0 radical (unpaired) electrons. The lowest BCUT2D eigenvalue weighted by Gasteiger charge is -2.24. The van der Waals surface area contributed by atoms with Gasteiger partial charge in [0.2, 0.25) is 0 Å². The third kappa shape index (κ3) is 3.22. The highest BCUT2D eigenvalue weighted by Crippen LogP contribution is 2.26. The number of hydrogen-bond acceptors (Lipinski definition) is 4. The van der Waals surface area contributed by atoms with Crippen molar-refractivity contribution < 1.29 is 4.74 Å². The van der Waals surface area contributed by atoms with Gasteiger partial charge in [0, 0.05) is 26.4 Å². The molecule has 2 N–H and O–H groups in total. The molecule has 0 aromatic carbocycles. The summed E-state index contributed by atoms with van der Waals surface area (Å²) in [6.45, 7) is 1.43. The van der Waals surface area contributed by atoms with Crippen LogP contribution in [0.5, 0.6) is 0 Å². The Bertz CT molecular complexity index is 476. The van der Waals surface area contributed by atoms with Gasteiger partial charge in [-0.3, -0.25) is 0 Å². The molecule has 104 valence electrons. The molecule has 0 unspecified atom stereocenters. The van der Waals surface area contributed by atoms with Crippen molar-refractivity contribution in [2.75, 3.05) is 32.2 Å². The van der Waals surface area contributed by atoms with Gasteiger partial charge in [-0.2, -0.15) is 0 Å². The maximum Gasteiger partial charge on any atom is 0.138 e. The van der Waals surface area contributed by atoms with E-state index in [1.807, 2.05) is 7.05 Å². The van der Waals surface area contributed by atoms with Gasteiger partial charge in [-0.1, -0.05) is 12.2 Å². The second-order valence-electron chi connectivity index (χ2n) is 4.95. The van der Waals surface area contributed by atoms with Crippen molar-refractivity contribution in [3.63, 3.8) is 0 Å². The highest BCUT2D eigenvalue weighted by Gasteiger charge is 2.18. The van der Waals surface area contributed by atoms with Crippen LogP contribution in [-0.4, -0.2) is 37.3 Å². The van der Waals surface area contributed by atoms with Gasteiger partial charge in [0.1, 0.15) is 10.8 Å². The number of nitrogens with zero attached hydrogens (tertiary/aromatic N) is 2. The van der Waals surface area contributed by atoms with Crippen molar-refractivity contribution in [2.24, 2.45) is 5.73 Å². The normalized spacial score (nSPS) is 14.0. The van der Waals surface area contributed by atoms with Gasteiger partial charge in [0.25, 0.3) is 0 Å². The summed E-state index contributed by atoms with van der Waals surface area (Å²) in [6, 6.07) is 2.13. The number of pyridine rings is 1. The molecule has 0 amide bonds. The molecule has 1 aromatic rings. The Morgan fingerprint density at radius 1 is 1.47 bits per heavy atom. The fraction of sp³-hybridized carbons (Fsp3) is 0.571. The molecule has 2 rings (SSSR count). The predicted molar refractivity (Wildman–Crippen MR) is 81.9 cm³/mol. The Kier molecular flexibility index (Phi) is 4.71. The van der Waals surface area contributed by atoms with Crippen LogP contribution in [-0.2, 0) is 17.6 Å². The van der Waals surface area contributed by atoms with Gasteiger partial charge in [0.15, 0.2) is 0 Å². The van der Waals surface area contributed by atoms with E-state index in [-0.39, 0.29) is 0 Å². The molecule has 0 aliphatic heterocycles. The minimum Gasteiger partial charge on any atom is -0.389 e. The van der Waals surface area contributed by atoms with Crippen molar-refractivity contribution in [1.82, 2.24) is 4.98 Å². The van der Waals surface area contributed by atoms with Gasteiger partial charge >= 0.3 is 0 Å². The van der Waals surface area contributed by atoms with E-state index >= 15 is 0 Å². The standard InChI is InChI=1S/C14H21N3OS/c1-17(7-8-18-2)14-11(13(15)19)9-10-5-3-4-6-12(10)16-14/h9H,3-8H2,1-2H3,(H2,15,19). The average molecular weight is 279 g/mol. The second kappa shape index (κ2) is 6.30. The number of ether oxygens (including phenoxy) is 1. The lowest BCUT2D eigenvalue weighted by atomic mass is 9.94. The minimum atomic E-state index is 0.417. The molecule has 0 saturated heterocycles. The quantitative estimate of drug-likeness (QED) is 0.831. The number of nitrogens with two attached hydrogens (primary N) is 1. The number of aromatic nitrogens is 1. The van der Waals surface area contributed by atoms with Crippen LogP contribution in [0.1, 0.15) is 29.7 Å². The van der Waals surface area contributed by atoms with E-state index in [0.717, 1.165) is 30.8 Å². The lowest BCUT2D eigenvalue weighted by Crippen LogP contribution is -2.27. The zero-order valence-electron chi connectivity index (χ0n) is 11.6. The van der Waals surface area contributed by atoms with Gasteiger partial charge < -0.3 is 15.4 Å². The van der Waals surface area contributed by atoms with Gasteiger partial charge in [0.05, 0.1) is 12.2 Å². The molecule has 5 heteroatoms. The van der Waals surface area contributed by atoms with E-state index in [4.69, 9.17) is 27.7 Å². The molecule has 0 fully saturated rings. The number of aryl methyl sites for hydroxylation is 2. The number of fused-ring (bicyclic) bond motifs is 1. The van der Waals surface area contributed by atoms with Crippen molar-refractivity contribution >= 4 is 23.0 Å². The fourth-order valence-corrected chi connectivity index (χ4v) is 2.58. The Morgan fingerprint density at radius 2 is 2.21 bits per heavy atom. The number of methoxy groups -OCH3 is 1. The largest absolute Gasteiger partial charge is 0.389 e. The highest BCUT2D eigenvalue weighted by atomic mass is 32.1. The summed E-state index contributed by atoms with van der Waals surface area (Å²) in [5.41, 5.74) is 9.23. The van der Waals surface area contributed by atoms with Gasteiger partial charge in [-0.25, -0.2) is 4.98 Å². The molecule has 1 aliphatic carbocycles. The third-order valence-electron chi connectivity index (χ3n) is 3.54. The summed E-state index contributed by atoms with van der Waals surface area (Å²) in [6.07, 6.45) is 4.58. The molecule has 4 nitrogen and oxygen atoms in total. The summed E-state index contributed by atoms with van der Waals surface area (Å²) >= 11 is 5.17. The molecular formula is C14H21N3OS. The molecular weight excluding hydrogens is 258 g/mol. The Labute approximate surface area is 120 Å². The second-order valence-corrected chi connectivity index (χ2v) is 5.39. The number of rotatable bonds is 5. The van der Waals surface area contributed by atoms with Crippen molar-refractivity contribution in [3.8, 4) is 0 Å². The SMILES string of the molecule is COCCN(C)c1nc2c(cc1C(N)=S)CCCC2. The van der Waals surface area contributed by atoms with E-state index in [9.17, 15) is 0 Å². The fourth-order valence-electron chi connectivity index (χ4n) is 2.43. The highest BCUT2D eigenvalue weighted by molar-refractivity contribution is 7.80. The number of anilines is 1. The van der Waals surface area contributed by atoms with Crippen LogP contribution in [0, 0.1) is 0 Å². The first-order valence-corrected chi connectivity index (χ1v) is 7.07. The first kappa shape index (κ1) is 14.2. The molecule has 0 bridgehead atoms. The minimum absolute atomic E-state index is 0.417. The number of thiocarbonyl (C=S) groups is 1. The van der Waals surface area contributed by atoms with Crippen LogP contribution in [0.3, 0.4) is 0 Å². The molecule has 0 spiro atoms.